The van der Waals surface area contributed by atoms with Crippen LogP contribution in [0.1, 0.15) is 31.7 Å². The largest absolute Gasteiger partial charge is 0.497 e. The minimum Gasteiger partial charge on any atom is -0.497 e. The van der Waals surface area contributed by atoms with Crippen molar-refractivity contribution in [3.8, 4) is 5.75 Å². The highest BCUT2D eigenvalue weighted by Gasteiger charge is 2.28. The van der Waals surface area contributed by atoms with E-state index in [-0.39, 0.29) is 11.9 Å². The first kappa shape index (κ1) is 21.2. The minimum absolute atomic E-state index is 0.188. The fraction of sp³-hybridized carbons (Fsp3) is 0.458. The molecule has 1 fully saturated rings. The van der Waals surface area contributed by atoms with Gasteiger partial charge in [0.15, 0.2) is 0 Å². The Bertz CT molecular complexity index is 779. The quantitative estimate of drug-likeness (QED) is 0.705. The predicted octanol–water partition coefficient (Wildman–Crippen LogP) is 4.17. The van der Waals surface area contributed by atoms with Crippen molar-refractivity contribution in [3.05, 3.63) is 54.1 Å². The van der Waals surface area contributed by atoms with Gasteiger partial charge in [-0.05, 0) is 54.8 Å². The number of ether oxygens (including phenoxy) is 1. The molecule has 2 aromatic rings. The van der Waals surface area contributed by atoms with E-state index in [1.807, 2.05) is 36.1 Å². The van der Waals surface area contributed by atoms with Gasteiger partial charge in [-0.3, -0.25) is 9.69 Å². The molecule has 1 aliphatic heterocycles. The molecule has 0 saturated carbocycles. The third-order valence-corrected chi connectivity index (χ3v) is 5.70. The highest BCUT2D eigenvalue weighted by molar-refractivity contribution is 5.93. The van der Waals surface area contributed by atoms with Gasteiger partial charge < -0.3 is 14.5 Å². The second-order valence-corrected chi connectivity index (χ2v) is 7.88. The number of anilines is 2. The molecule has 3 rings (SSSR count). The fourth-order valence-electron chi connectivity index (χ4n) is 3.96. The highest BCUT2D eigenvalue weighted by Crippen LogP contribution is 2.27. The van der Waals surface area contributed by atoms with E-state index in [9.17, 15) is 4.79 Å². The minimum atomic E-state index is 0.188. The van der Waals surface area contributed by atoms with E-state index >= 15 is 0 Å². The lowest BCUT2D eigenvalue weighted by Gasteiger charge is -2.38. The summed E-state index contributed by atoms with van der Waals surface area (Å²) in [6.07, 6.45) is 2.51. The first-order valence-corrected chi connectivity index (χ1v) is 10.5. The van der Waals surface area contributed by atoms with Crippen LogP contribution in [0.4, 0.5) is 11.4 Å². The third kappa shape index (κ3) is 5.30. The van der Waals surface area contributed by atoms with Gasteiger partial charge in [0.2, 0.25) is 5.91 Å². The summed E-state index contributed by atoms with van der Waals surface area (Å²) in [7, 11) is 5.78. The van der Waals surface area contributed by atoms with Gasteiger partial charge in [0, 0.05) is 57.6 Å². The zero-order valence-electron chi connectivity index (χ0n) is 18.1. The maximum absolute atomic E-state index is 12.7. The lowest BCUT2D eigenvalue weighted by Crippen LogP contribution is -2.47. The molecule has 0 aliphatic carbocycles. The summed E-state index contributed by atoms with van der Waals surface area (Å²) in [5, 5.41) is 0. The molecule has 0 spiro atoms. The molecule has 0 aromatic heterocycles. The van der Waals surface area contributed by atoms with Gasteiger partial charge in [0.05, 0.1) is 7.11 Å². The Morgan fingerprint density at radius 1 is 1.00 bits per heavy atom. The lowest BCUT2D eigenvalue weighted by molar-refractivity contribution is -0.119. The maximum Gasteiger partial charge on any atom is 0.226 e. The number of carbonyl (C=O) groups excluding carboxylic acids is 1. The zero-order chi connectivity index (χ0) is 20.8. The number of benzene rings is 2. The van der Waals surface area contributed by atoms with Crippen molar-refractivity contribution >= 4 is 17.3 Å². The van der Waals surface area contributed by atoms with Gasteiger partial charge in [-0.25, -0.2) is 0 Å². The van der Waals surface area contributed by atoms with Crippen LogP contribution in [0.15, 0.2) is 48.5 Å². The van der Waals surface area contributed by atoms with Gasteiger partial charge in [-0.1, -0.05) is 19.1 Å². The summed E-state index contributed by atoms with van der Waals surface area (Å²) in [6.45, 7) is 4.91. The molecular formula is C24H33N3O2. The van der Waals surface area contributed by atoms with E-state index in [0.717, 1.165) is 43.9 Å². The van der Waals surface area contributed by atoms with Crippen LogP contribution >= 0.6 is 0 Å². The van der Waals surface area contributed by atoms with Crippen molar-refractivity contribution in [2.24, 2.45) is 0 Å². The molecule has 1 amide bonds. The standard InChI is InChI=1S/C24H33N3O2/c1-5-24(28)27(21-10-12-23(29-4)13-11-21)22-14-16-26(17-15-22)18-19-6-8-20(9-7-19)25(2)3/h6-13,22H,5,14-18H2,1-4H3. The van der Waals surface area contributed by atoms with E-state index in [2.05, 4.69) is 48.2 Å². The van der Waals surface area contributed by atoms with Gasteiger partial charge in [0.1, 0.15) is 5.75 Å². The number of hydrogen-bond acceptors (Lipinski definition) is 4. The van der Waals surface area contributed by atoms with E-state index < -0.39 is 0 Å². The summed E-state index contributed by atoms with van der Waals surface area (Å²) >= 11 is 0. The number of nitrogens with zero attached hydrogens (tertiary/aromatic N) is 3. The van der Waals surface area contributed by atoms with Crippen LogP contribution in [0.3, 0.4) is 0 Å². The molecule has 0 unspecified atom stereocenters. The molecule has 0 atom stereocenters. The van der Waals surface area contributed by atoms with Crippen LogP contribution in [-0.4, -0.2) is 51.1 Å². The second kappa shape index (κ2) is 9.79. The zero-order valence-corrected chi connectivity index (χ0v) is 18.1. The molecular weight excluding hydrogens is 362 g/mol. The Hall–Kier alpha value is -2.53. The molecule has 0 radical (unpaired) electrons. The number of carbonyl (C=O) groups is 1. The van der Waals surface area contributed by atoms with Gasteiger partial charge in [-0.15, -0.1) is 0 Å². The SMILES string of the molecule is CCC(=O)N(c1ccc(OC)cc1)C1CCN(Cc2ccc(N(C)C)cc2)CC1. The first-order chi connectivity index (χ1) is 14.0. The molecule has 2 aromatic carbocycles. The van der Waals surface area contributed by atoms with Crippen molar-refractivity contribution in [1.82, 2.24) is 4.90 Å². The van der Waals surface area contributed by atoms with Crippen LogP contribution in [0, 0.1) is 0 Å². The monoisotopic (exact) mass is 395 g/mol. The Kier molecular flexibility index (Phi) is 7.15. The van der Waals surface area contributed by atoms with Crippen LogP contribution in [0.25, 0.3) is 0 Å². The molecule has 1 heterocycles. The number of rotatable bonds is 7. The molecule has 5 nitrogen and oxygen atoms in total. The average molecular weight is 396 g/mol. The molecule has 1 saturated heterocycles. The van der Waals surface area contributed by atoms with Crippen LogP contribution in [0.5, 0.6) is 5.75 Å². The first-order valence-electron chi connectivity index (χ1n) is 10.5. The predicted molar refractivity (Wildman–Crippen MR) is 120 cm³/mol. The van der Waals surface area contributed by atoms with Crippen molar-refractivity contribution in [1.29, 1.82) is 0 Å². The Balaban J connectivity index is 1.62. The van der Waals surface area contributed by atoms with Gasteiger partial charge >= 0.3 is 0 Å². The molecule has 0 bridgehead atoms. The number of piperidine rings is 1. The normalized spacial score (nSPS) is 15.2. The number of amides is 1. The summed E-state index contributed by atoms with van der Waals surface area (Å²) < 4.78 is 5.26. The van der Waals surface area contributed by atoms with Crippen LogP contribution in [-0.2, 0) is 11.3 Å². The van der Waals surface area contributed by atoms with Crippen molar-refractivity contribution in [2.75, 3.05) is 44.1 Å². The molecule has 156 valence electrons. The summed E-state index contributed by atoms with van der Waals surface area (Å²) in [6, 6.07) is 16.9. The van der Waals surface area contributed by atoms with Crippen molar-refractivity contribution in [2.45, 2.75) is 38.8 Å². The Morgan fingerprint density at radius 3 is 2.10 bits per heavy atom. The van der Waals surface area contributed by atoms with E-state index in [1.54, 1.807) is 7.11 Å². The topological polar surface area (TPSA) is 36.0 Å². The van der Waals surface area contributed by atoms with Crippen molar-refractivity contribution < 1.29 is 9.53 Å². The third-order valence-electron chi connectivity index (χ3n) is 5.70. The Labute approximate surface area is 174 Å². The van der Waals surface area contributed by atoms with Crippen LogP contribution in [0.2, 0.25) is 0 Å². The molecule has 0 N–H and O–H groups in total. The fourth-order valence-corrected chi connectivity index (χ4v) is 3.96. The smallest absolute Gasteiger partial charge is 0.226 e. The van der Waals surface area contributed by atoms with E-state index in [1.165, 1.54) is 11.3 Å². The van der Waals surface area contributed by atoms with Gasteiger partial charge in [-0.2, -0.15) is 0 Å². The van der Waals surface area contributed by atoms with Gasteiger partial charge in [0.25, 0.3) is 0 Å². The van der Waals surface area contributed by atoms with Crippen molar-refractivity contribution in [3.63, 3.8) is 0 Å². The van der Waals surface area contributed by atoms with E-state index in [0.29, 0.717) is 6.42 Å². The molecule has 1 aliphatic rings. The number of hydrogen-bond donors (Lipinski definition) is 0. The highest BCUT2D eigenvalue weighted by atomic mass is 16.5. The number of likely N-dealkylation sites (tertiary alicyclic amines) is 1. The van der Waals surface area contributed by atoms with Crippen LogP contribution < -0.4 is 14.5 Å². The number of methoxy groups -OCH3 is 1. The molecule has 5 heteroatoms. The van der Waals surface area contributed by atoms with E-state index in [4.69, 9.17) is 4.74 Å². The average Bonchev–Trinajstić information content (AvgIpc) is 2.76. The second-order valence-electron chi connectivity index (χ2n) is 7.88. The summed E-state index contributed by atoms with van der Waals surface area (Å²) in [4.78, 5) is 19.3. The maximum atomic E-state index is 12.7. The Morgan fingerprint density at radius 2 is 1.59 bits per heavy atom. The summed E-state index contributed by atoms with van der Waals surface area (Å²) in [5.41, 5.74) is 3.53. The summed E-state index contributed by atoms with van der Waals surface area (Å²) in [5.74, 6) is 1.00. The molecule has 29 heavy (non-hydrogen) atoms. The lowest BCUT2D eigenvalue weighted by atomic mass is 10.0.